The zero-order valence-electron chi connectivity index (χ0n) is 13.1. The molecule has 3 heteroatoms. The third-order valence-corrected chi connectivity index (χ3v) is 3.95. The van der Waals surface area contributed by atoms with Crippen LogP contribution in [0.5, 0.6) is 0 Å². The van der Waals surface area contributed by atoms with Crippen LogP contribution in [-0.2, 0) is 11.2 Å². The molecule has 0 saturated carbocycles. The lowest BCUT2D eigenvalue weighted by Crippen LogP contribution is -2.35. The first-order valence-electron chi connectivity index (χ1n) is 7.72. The molecule has 112 valence electrons. The summed E-state index contributed by atoms with van der Waals surface area (Å²) in [5, 5.41) is 0. The molecule has 1 rings (SSSR count). The van der Waals surface area contributed by atoms with Gasteiger partial charge in [-0.1, -0.05) is 38.8 Å². The van der Waals surface area contributed by atoms with E-state index in [1.54, 1.807) is 0 Å². The van der Waals surface area contributed by atoms with E-state index in [2.05, 4.69) is 20.8 Å². The second-order valence-electron chi connectivity index (χ2n) is 5.36. The van der Waals surface area contributed by atoms with Crippen LogP contribution in [0.4, 0.5) is 5.69 Å². The third-order valence-electron chi connectivity index (χ3n) is 3.95. The SMILES string of the molecule is CCC(CC)CN(CC)C(=O)CCc1cccc(N)c1. The highest BCUT2D eigenvalue weighted by Gasteiger charge is 2.15. The highest BCUT2D eigenvalue weighted by molar-refractivity contribution is 5.76. The Morgan fingerprint density at radius 3 is 2.50 bits per heavy atom. The fourth-order valence-electron chi connectivity index (χ4n) is 2.42. The van der Waals surface area contributed by atoms with Gasteiger partial charge in [0.05, 0.1) is 0 Å². The Labute approximate surface area is 123 Å². The summed E-state index contributed by atoms with van der Waals surface area (Å²) in [5.74, 6) is 0.869. The summed E-state index contributed by atoms with van der Waals surface area (Å²) in [6.45, 7) is 8.13. The summed E-state index contributed by atoms with van der Waals surface area (Å²) in [5.41, 5.74) is 7.66. The van der Waals surface area contributed by atoms with Crippen molar-refractivity contribution in [2.45, 2.75) is 46.5 Å². The zero-order chi connectivity index (χ0) is 15.0. The van der Waals surface area contributed by atoms with Crippen LogP contribution in [0.25, 0.3) is 0 Å². The molecule has 1 aromatic rings. The first-order chi connectivity index (χ1) is 9.60. The summed E-state index contributed by atoms with van der Waals surface area (Å²) in [7, 11) is 0. The van der Waals surface area contributed by atoms with E-state index in [1.165, 1.54) is 0 Å². The number of carbonyl (C=O) groups is 1. The Morgan fingerprint density at radius 2 is 1.95 bits per heavy atom. The Kier molecular flexibility index (Phi) is 7.13. The van der Waals surface area contributed by atoms with Gasteiger partial charge in [0.2, 0.25) is 5.91 Å². The number of hydrogen-bond donors (Lipinski definition) is 1. The molecule has 0 unspecified atom stereocenters. The van der Waals surface area contributed by atoms with Gasteiger partial charge < -0.3 is 10.6 Å². The van der Waals surface area contributed by atoms with Crippen LogP contribution in [0, 0.1) is 5.92 Å². The Hall–Kier alpha value is -1.51. The number of nitrogens with two attached hydrogens (primary N) is 1. The summed E-state index contributed by atoms with van der Waals surface area (Å²) >= 11 is 0. The van der Waals surface area contributed by atoms with Gasteiger partial charge in [0.1, 0.15) is 0 Å². The van der Waals surface area contributed by atoms with Gasteiger partial charge in [-0.05, 0) is 37.0 Å². The van der Waals surface area contributed by atoms with Crippen molar-refractivity contribution in [3.8, 4) is 0 Å². The minimum Gasteiger partial charge on any atom is -0.399 e. The molecule has 20 heavy (non-hydrogen) atoms. The summed E-state index contributed by atoms with van der Waals surface area (Å²) < 4.78 is 0. The van der Waals surface area contributed by atoms with Crippen molar-refractivity contribution in [2.75, 3.05) is 18.8 Å². The van der Waals surface area contributed by atoms with Gasteiger partial charge >= 0.3 is 0 Å². The second-order valence-corrected chi connectivity index (χ2v) is 5.36. The van der Waals surface area contributed by atoms with Gasteiger partial charge in [0.15, 0.2) is 0 Å². The van der Waals surface area contributed by atoms with Crippen LogP contribution in [0.1, 0.15) is 45.6 Å². The molecular weight excluding hydrogens is 248 g/mol. The van der Waals surface area contributed by atoms with Crippen molar-refractivity contribution in [3.63, 3.8) is 0 Å². The smallest absolute Gasteiger partial charge is 0.222 e. The van der Waals surface area contributed by atoms with E-state index in [0.29, 0.717) is 12.3 Å². The molecule has 1 amide bonds. The van der Waals surface area contributed by atoms with E-state index in [9.17, 15) is 4.79 Å². The molecule has 0 aliphatic rings. The van der Waals surface area contributed by atoms with Gasteiger partial charge in [-0.15, -0.1) is 0 Å². The van der Waals surface area contributed by atoms with E-state index in [4.69, 9.17) is 5.73 Å². The minimum atomic E-state index is 0.252. The normalized spacial score (nSPS) is 10.8. The van der Waals surface area contributed by atoms with Gasteiger partial charge in [-0.3, -0.25) is 4.79 Å². The number of rotatable bonds is 8. The van der Waals surface area contributed by atoms with Crippen LogP contribution in [0.15, 0.2) is 24.3 Å². The van der Waals surface area contributed by atoms with Gasteiger partial charge in [0, 0.05) is 25.2 Å². The van der Waals surface area contributed by atoms with Crippen molar-refractivity contribution in [2.24, 2.45) is 5.92 Å². The van der Waals surface area contributed by atoms with Crippen molar-refractivity contribution in [1.82, 2.24) is 4.90 Å². The lowest BCUT2D eigenvalue weighted by atomic mass is 10.0. The van der Waals surface area contributed by atoms with Gasteiger partial charge in [-0.25, -0.2) is 0 Å². The molecule has 0 fully saturated rings. The topological polar surface area (TPSA) is 46.3 Å². The molecule has 3 nitrogen and oxygen atoms in total. The standard InChI is InChI=1S/C17H28N2O/c1-4-14(5-2)13-19(6-3)17(20)11-10-15-8-7-9-16(18)12-15/h7-9,12,14H,4-6,10-11,13,18H2,1-3H3. The fraction of sp³-hybridized carbons (Fsp3) is 0.588. The van der Waals surface area contributed by atoms with E-state index >= 15 is 0 Å². The fourth-order valence-corrected chi connectivity index (χ4v) is 2.42. The van der Waals surface area contributed by atoms with Crippen molar-refractivity contribution in [3.05, 3.63) is 29.8 Å². The number of aryl methyl sites for hydroxylation is 1. The molecule has 0 aliphatic carbocycles. The number of hydrogen-bond acceptors (Lipinski definition) is 2. The summed E-state index contributed by atoms with van der Waals surface area (Å²) in [4.78, 5) is 14.3. The number of benzene rings is 1. The molecule has 0 heterocycles. The van der Waals surface area contributed by atoms with Crippen LogP contribution >= 0.6 is 0 Å². The lowest BCUT2D eigenvalue weighted by molar-refractivity contribution is -0.131. The summed E-state index contributed by atoms with van der Waals surface area (Å²) in [6.07, 6.45) is 3.60. The second kappa shape index (κ2) is 8.62. The Bertz CT molecular complexity index is 413. The maximum atomic E-state index is 12.3. The predicted molar refractivity (Wildman–Crippen MR) is 85.5 cm³/mol. The first-order valence-corrected chi connectivity index (χ1v) is 7.72. The average molecular weight is 276 g/mol. The number of amides is 1. The Balaban J connectivity index is 2.51. The molecule has 2 N–H and O–H groups in total. The predicted octanol–water partition coefficient (Wildman–Crippen LogP) is 3.49. The van der Waals surface area contributed by atoms with E-state index in [0.717, 1.165) is 43.6 Å². The van der Waals surface area contributed by atoms with Gasteiger partial charge in [-0.2, -0.15) is 0 Å². The molecule has 0 aromatic heterocycles. The third kappa shape index (κ3) is 5.24. The highest BCUT2D eigenvalue weighted by atomic mass is 16.2. The number of carbonyl (C=O) groups excluding carboxylic acids is 1. The van der Waals surface area contributed by atoms with Crippen molar-refractivity contribution < 1.29 is 4.79 Å². The monoisotopic (exact) mass is 276 g/mol. The van der Waals surface area contributed by atoms with E-state index in [-0.39, 0.29) is 5.91 Å². The van der Waals surface area contributed by atoms with Crippen LogP contribution in [-0.4, -0.2) is 23.9 Å². The highest BCUT2D eigenvalue weighted by Crippen LogP contribution is 2.13. The first kappa shape index (κ1) is 16.5. The molecule has 1 aromatic carbocycles. The number of nitrogens with zero attached hydrogens (tertiary/aromatic N) is 1. The lowest BCUT2D eigenvalue weighted by Gasteiger charge is -2.25. The van der Waals surface area contributed by atoms with Crippen molar-refractivity contribution in [1.29, 1.82) is 0 Å². The maximum Gasteiger partial charge on any atom is 0.222 e. The van der Waals surface area contributed by atoms with Crippen LogP contribution in [0.3, 0.4) is 0 Å². The van der Waals surface area contributed by atoms with Crippen LogP contribution in [0.2, 0.25) is 0 Å². The largest absolute Gasteiger partial charge is 0.399 e. The molecule has 0 spiro atoms. The average Bonchev–Trinajstić information content (AvgIpc) is 2.46. The van der Waals surface area contributed by atoms with Crippen molar-refractivity contribution >= 4 is 11.6 Å². The number of anilines is 1. The molecule has 0 atom stereocenters. The van der Waals surface area contributed by atoms with Crippen LogP contribution < -0.4 is 5.73 Å². The maximum absolute atomic E-state index is 12.3. The zero-order valence-corrected chi connectivity index (χ0v) is 13.1. The molecule has 0 saturated heterocycles. The molecule has 0 bridgehead atoms. The molecule has 0 radical (unpaired) electrons. The number of nitrogen functional groups attached to an aromatic ring is 1. The van der Waals surface area contributed by atoms with E-state index in [1.807, 2.05) is 29.2 Å². The summed E-state index contributed by atoms with van der Waals surface area (Å²) in [6, 6.07) is 7.79. The minimum absolute atomic E-state index is 0.252. The van der Waals surface area contributed by atoms with Gasteiger partial charge in [0.25, 0.3) is 0 Å². The molecule has 0 aliphatic heterocycles. The quantitative estimate of drug-likeness (QED) is 0.739. The molecular formula is C17H28N2O. The van der Waals surface area contributed by atoms with E-state index < -0.39 is 0 Å². The Morgan fingerprint density at radius 1 is 1.25 bits per heavy atom.